The Kier molecular flexibility index (Phi) is 2.68. The summed E-state index contributed by atoms with van der Waals surface area (Å²) in [6, 6.07) is 9.50. The van der Waals surface area contributed by atoms with Gasteiger partial charge >= 0.3 is 0 Å². The zero-order valence-corrected chi connectivity index (χ0v) is 9.86. The van der Waals surface area contributed by atoms with Crippen LogP contribution in [0.4, 0.5) is 10.2 Å². The van der Waals surface area contributed by atoms with Crippen LogP contribution in [0.1, 0.15) is 0 Å². The van der Waals surface area contributed by atoms with E-state index in [-0.39, 0.29) is 5.82 Å². The minimum absolute atomic E-state index is 0.285. The third kappa shape index (κ3) is 2.15. The first-order valence-electron chi connectivity index (χ1n) is 5.62. The molecule has 2 N–H and O–H groups in total. The lowest BCUT2D eigenvalue weighted by molar-refractivity contribution is 0.628. The van der Waals surface area contributed by atoms with E-state index in [1.807, 2.05) is 0 Å². The van der Waals surface area contributed by atoms with Crippen molar-refractivity contribution < 1.29 is 4.39 Å². The van der Waals surface area contributed by atoms with Crippen LogP contribution in [0, 0.1) is 5.82 Å². The number of halogens is 1. The molecule has 0 amide bonds. The molecule has 6 heteroatoms. The van der Waals surface area contributed by atoms with Gasteiger partial charge in [-0.2, -0.15) is 9.78 Å². The van der Waals surface area contributed by atoms with Crippen LogP contribution in [0.15, 0.2) is 48.9 Å². The average Bonchev–Trinajstić information content (AvgIpc) is 2.83. The summed E-state index contributed by atoms with van der Waals surface area (Å²) in [7, 11) is 0. The van der Waals surface area contributed by atoms with E-state index in [2.05, 4.69) is 15.1 Å². The molecule has 0 bridgehead atoms. The molecule has 0 aliphatic carbocycles. The molecule has 3 rings (SSSR count). The molecule has 0 aliphatic rings. The van der Waals surface area contributed by atoms with Gasteiger partial charge in [0.1, 0.15) is 18.0 Å². The summed E-state index contributed by atoms with van der Waals surface area (Å²) < 4.78 is 14.4. The molecule has 94 valence electrons. The van der Waals surface area contributed by atoms with Crippen molar-refractivity contribution in [2.75, 3.05) is 5.73 Å². The fourth-order valence-electron chi connectivity index (χ4n) is 1.75. The molecule has 3 aromatic rings. The number of hydrogen-bond donors (Lipinski definition) is 1. The highest BCUT2D eigenvalue weighted by molar-refractivity contribution is 5.63. The summed E-state index contributed by atoms with van der Waals surface area (Å²) in [5, 5.41) is 4.36. The maximum Gasteiger partial charge on any atom is 0.159 e. The number of rotatable bonds is 2. The summed E-state index contributed by atoms with van der Waals surface area (Å²) >= 11 is 0. The fourth-order valence-corrected chi connectivity index (χ4v) is 1.75. The summed E-state index contributed by atoms with van der Waals surface area (Å²) in [6.07, 6.45) is 3.04. The minimum atomic E-state index is -0.285. The average molecular weight is 255 g/mol. The fraction of sp³-hybridized carbons (Fsp3) is 0. The molecule has 0 saturated carbocycles. The maximum absolute atomic E-state index is 12.9. The van der Waals surface area contributed by atoms with Gasteiger partial charge in [-0.3, -0.25) is 0 Å². The first-order valence-corrected chi connectivity index (χ1v) is 5.62. The largest absolute Gasteiger partial charge is 0.384 e. The highest BCUT2D eigenvalue weighted by atomic mass is 19.1. The number of aromatic nitrogens is 4. The van der Waals surface area contributed by atoms with Crippen LogP contribution in [0.25, 0.3) is 17.1 Å². The Bertz CT molecular complexity index is 691. The van der Waals surface area contributed by atoms with Crippen LogP contribution in [-0.2, 0) is 0 Å². The second kappa shape index (κ2) is 4.49. The van der Waals surface area contributed by atoms with E-state index in [1.165, 1.54) is 23.1 Å². The minimum Gasteiger partial charge on any atom is -0.384 e. The SMILES string of the molecule is Nc1cc(-c2ccc(F)cc2)nn1-c1ccncn1. The molecule has 0 spiro atoms. The molecule has 0 radical (unpaired) electrons. The first kappa shape index (κ1) is 11.3. The van der Waals surface area contributed by atoms with Gasteiger partial charge in [0.2, 0.25) is 0 Å². The first-order chi connectivity index (χ1) is 9.24. The summed E-state index contributed by atoms with van der Waals surface area (Å²) in [6.45, 7) is 0. The van der Waals surface area contributed by atoms with Crippen LogP contribution < -0.4 is 5.73 Å². The van der Waals surface area contributed by atoms with Gasteiger partial charge < -0.3 is 5.73 Å². The van der Waals surface area contributed by atoms with Gasteiger partial charge in [-0.1, -0.05) is 0 Å². The third-order valence-corrected chi connectivity index (χ3v) is 2.66. The lowest BCUT2D eigenvalue weighted by Gasteiger charge is -2.00. The zero-order chi connectivity index (χ0) is 13.2. The van der Waals surface area contributed by atoms with Crippen LogP contribution in [0.2, 0.25) is 0 Å². The van der Waals surface area contributed by atoms with Gasteiger partial charge in [-0.15, -0.1) is 0 Å². The number of nitrogens with two attached hydrogens (primary N) is 1. The highest BCUT2D eigenvalue weighted by Crippen LogP contribution is 2.22. The molecule has 0 atom stereocenters. The van der Waals surface area contributed by atoms with Gasteiger partial charge in [0.25, 0.3) is 0 Å². The molecular formula is C13H10FN5. The number of hydrogen-bond acceptors (Lipinski definition) is 4. The smallest absolute Gasteiger partial charge is 0.159 e. The van der Waals surface area contributed by atoms with Crippen molar-refractivity contribution in [1.82, 2.24) is 19.7 Å². The second-order valence-electron chi connectivity index (χ2n) is 3.94. The molecule has 2 heterocycles. The molecule has 0 fully saturated rings. The highest BCUT2D eigenvalue weighted by Gasteiger charge is 2.09. The zero-order valence-electron chi connectivity index (χ0n) is 9.86. The molecular weight excluding hydrogens is 245 g/mol. The molecule has 5 nitrogen and oxygen atoms in total. The Hall–Kier alpha value is -2.76. The van der Waals surface area contributed by atoms with Gasteiger partial charge in [-0.25, -0.2) is 14.4 Å². The van der Waals surface area contributed by atoms with Crippen molar-refractivity contribution in [3.63, 3.8) is 0 Å². The van der Waals surface area contributed by atoms with Crippen LogP contribution >= 0.6 is 0 Å². The van der Waals surface area contributed by atoms with Crippen LogP contribution in [0.5, 0.6) is 0 Å². The monoisotopic (exact) mass is 255 g/mol. The van der Waals surface area contributed by atoms with Crippen molar-refractivity contribution >= 4 is 5.82 Å². The number of nitrogens with zero attached hydrogens (tertiary/aromatic N) is 4. The van der Waals surface area contributed by atoms with E-state index in [0.29, 0.717) is 17.3 Å². The summed E-state index contributed by atoms with van der Waals surface area (Å²) in [5.74, 6) is 0.755. The molecule has 0 unspecified atom stereocenters. The van der Waals surface area contributed by atoms with Gasteiger partial charge in [0, 0.05) is 23.9 Å². The van der Waals surface area contributed by atoms with Crippen molar-refractivity contribution in [3.05, 3.63) is 54.7 Å². The van der Waals surface area contributed by atoms with Crippen LogP contribution in [-0.4, -0.2) is 19.7 Å². The lowest BCUT2D eigenvalue weighted by atomic mass is 10.1. The van der Waals surface area contributed by atoms with Crippen molar-refractivity contribution in [3.8, 4) is 17.1 Å². The normalized spacial score (nSPS) is 10.6. The summed E-state index contributed by atoms with van der Waals surface area (Å²) in [4.78, 5) is 7.92. The van der Waals surface area contributed by atoms with E-state index in [0.717, 1.165) is 5.56 Å². The number of nitrogen functional groups attached to an aromatic ring is 1. The van der Waals surface area contributed by atoms with E-state index < -0.39 is 0 Å². The Morgan fingerprint density at radius 2 is 1.89 bits per heavy atom. The topological polar surface area (TPSA) is 69.6 Å². The molecule has 1 aromatic carbocycles. The van der Waals surface area contributed by atoms with Crippen molar-refractivity contribution in [2.45, 2.75) is 0 Å². The Labute approximate surface area is 108 Å². The molecule has 2 aromatic heterocycles. The van der Waals surface area contributed by atoms with Gasteiger partial charge in [0.15, 0.2) is 5.82 Å². The molecule has 19 heavy (non-hydrogen) atoms. The predicted octanol–water partition coefficient (Wildman–Crippen LogP) is 2.05. The van der Waals surface area contributed by atoms with Crippen molar-refractivity contribution in [2.24, 2.45) is 0 Å². The lowest BCUT2D eigenvalue weighted by Crippen LogP contribution is -2.03. The molecule has 0 aliphatic heterocycles. The number of anilines is 1. The van der Waals surface area contributed by atoms with E-state index in [9.17, 15) is 4.39 Å². The standard InChI is InChI=1S/C13H10FN5/c14-10-3-1-9(2-4-10)11-7-12(15)19(18-11)13-5-6-16-8-17-13/h1-8H,15H2. The Morgan fingerprint density at radius 1 is 1.11 bits per heavy atom. The quantitative estimate of drug-likeness (QED) is 0.760. The summed E-state index contributed by atoms with van der Waals surface area (Å²) in [5.41, 5.74) is 7.36. The van der Waals surface area contributed by atoms with Crippen LogP contribution in [0.3, 0.4) is 0 Å². The molecule has 0 saturated heterocycles. The Morgan fingerprint density at radius 3 is 2.58 bits per heavy atom. The van der Waals surface area contributed by atoms with E-state index in [1.54, 1.807) is 30.5 Å². The Balaban J connectivity index is 2.04. The van der Waals surface area contributed by atoms with Crippen molar-refractivity contribution in [1.29, 1.82) is 0 Å². The third-order valence-electron chi connectivity index (χ3n) is 2.66. The van der Waals surface area contributed by atoms with Gasteiger partial charge in [-0.05, 0) is 24.3 Å². The van der Waals surface area contributed by atoms with E-state index in [4.69, 9.17) is 5.73 Å². The van der Waals surface area contributed by atoms with Gasteiger partial charge in [0.05, 0.1) is 5.69 Å². The maximum atomic E-state index is 12.9. The van der Waals surface area contributed by atoms with E-state index >= 15 is 0 Å². The second-order valence-corrected chi connectivity index (χ2v) is 3.94. The predicted molar refractivity (Wildman–Crippen MR) is 69.0 cm³/mol. The number of benzene rings is 1.